The lowest BCUT2D eigenvalue weighted by atomic mass is 9.93. The van der Waals surface area contributed by atoms with Gasteiger partial charge in [-0.3, -0.25) is 4.79 Å². The molecule has 3 aromatic carbocycles. The van der Waals surface area contributed by atoms with Crippen LogP contribution in [0.15, 0.2) is 65.5 Å². The minimum Gasteiger partial charge on any atom is -0.496 e. The number of fused-ring (bicyclic) bond motifs is 4. The zero-order valence-corrected chi connectivity index (χ0v) is 17.7. The molecule has 0 unspecified atom stereocenters. The van der Waals surface area contributed by atoms with Gasteiger partial charge in [0, 0.05) is 11.1 Å². The van der Waals surface area contributed by atoms with E-state index in [1.54, 1.807) is 14.2 Å². The molecule has 154 valence electrons. The smallest absolute Gasteiger partial charge is 0.281 e. The van der Waals surface area contributed by atoms with Crippen molar-refractivity contribution in [1.82, 2.24) is 9.55 Å². The number of hydrogen-bond donors (Lipinski definition) is 0. The molecule has 0 fully saturated rings. The van der Waals surface area contributed by atoms with Crippen molar-refractivity contribution in [3.8, 4) is 11.5 Å². The van der Waals surface area contributed by atoms with Crippen molar-refractivity contribution in [2.24, 2.45) is 0 Å². The van der Waals surface area contributed by atoms with Gasteiger partial charge in [-0.2, -0.15) is 4.98 Å². The first-order chi connectivity index (χ1) is 15.1. The summed E-state index contributed by atoms with van der Waals surface area (Å²) in [5, 5.41) is 0.625. The summed E-state index contributed by atoms with van der Waals surface area (Å²) >= 11 is 0. The Morgan fingerprint density at radius 1 is 0.968 bits per heavy atom. The maximum absolute atomic E-state index is 12.8. The second-order valence-electron chi connectivity index (χ2n) is 7.62. The van der Waals surface area contributed by atoms with E-state index in [4.69, 9.17) is 9.47 Å². The van der Waals surface area contributed by atoms with Crippen LogP contribution < -0.4 is 15.0 Å². The molecule has 31 heavy (non-hydrogen) atoms. The summed E-state index contributed by atoms with van der Waals surface area (Å²) in [6.07, 6.45) is 2.03. The number of hydrogen-bond acceptors (Lipinski definition) is 4. The molecular weight excluding hydrogens is 388 g/mol. The molecule has 1 aromatic heterocycles. The fourth-order valence-corrected chi connectivity index (χ4v) is 4.28. The fourth-order valence-electron chi connectivity index (χ4n) is 4.28. The molecule has 0 saturated carbocycles. The number of methoxy groups -OCH3 is 2. The molecular formula is C26H22N2O3. The summed E-state index contributed by atoms with van der Waals surface area (Å²) in [6, 6.07) is 19.8. The fraction of sp³-hybridized carbons (Fsp3) is 0.154. The van der Waals surface area contributed by atoms with E-state index in [1.807, 2.05) is 61.5 Å². The van der Waals surface area contributed by atoms with Crippen molar-refractivity contribution in [1.29, 1.82) is 0 Å². The molecule has 1 aliphatic rings. The summed E-state index contributed by atoms with van der Waals surface area (Å²) in [6.45, 7) is 2.64. The number of rotatable bonds is 3. The Morgan fingerprint density at radius 3 is 2.52 bits per heavy atom. The quantitative estimate of drug-likeness (QED) is 0.434. The first-order valence-corrected chi connectivity index (χ1v) is 10.1. The molecule has 0 N–H and O–H groups in total. The highest BCUT2D eigenvalue weighted by Gasteiger charge is 2.24. The van der Waals surface area contributed by atoms with Crippen LogP contribution in [0.2, 0.25) is 0 Å². The summed E-state index contributed by atoms with van der Waals surface area (Å²) < 4.78 is 13.3. The van der Waals surface area contributed by atoms with Crippen molar-refractivity contribution in [2.75, 3.05) is 14.2 Å². The number of benzene rings is 3. The molecule has 0 aliphatic carbocycles. The summed E-state index contributed by atoms with van der Waals surface area (Å²) in [7, 11) is 3.31. The van der Waals surface area contributed by atoms with Gasteiger partial charge < -0.3 is 14.0 Å². The summed E-state index contributed by atoms with van der Waals surface area (Å²) in [5.74, 6) is 2.17. The summed E-state index contributed by atoms with van der Waals surface area (Å²) in [5.41, 5.74) is 5.64. The van der Waals surface area contributed by atoms with Crippen LogP contribution in [0.3, 0.4) is 0 Å². The van der Waals surface area contributed by atoms with Crippen molar-refractivity contribution >= 4 is 22.6 Å². The lowest BCUT2D eigenvalue weighted by Gasteiger charge is -2.25. The maximum Gasteiger partial charge on any atom is 0.281 e. The molecule has 5 nitrogen and oxygen atoms in total. The second-order valence-corrected chi connectivity index (χ2v) is 7.62. The normalized spacial score (nSPS) is 13.7. The minimum atomic E-state index is -0.222. The zero-order chi connectivity index (χ0) is 21.5. The third-order valence-electron chi connectivity index (χ3n) is 5.81. The van der Waals surface area contributed by atoms with Gasteiger partial charge in [-0.1, -0.05) is 36.4 Å². The highest BCUT2D eigenvalue weighted by Crippen LogP contribution is 2.37. The van der Waals surface area contributed by atoms with Gasteiger partial charge >= 0.3 is 0 Å². The van der Waals surface area contributed by atoms with Crippen LogP contribution in [0.5, 0.6) is 11.5 Å². The number of aromatic nitrogens is 2. The third kappa shape index (κ3) is 3.10. The van der Waals surface area contributed by atoms with Crippen LogP contribution in [0, 0.1) is 6.92 Å². The molecule has 4 aromatic rings. The highest BCUT2D eigenvalue weighted by atomic mass is 16.5. The van der Waals surface area contributed by atoms with Crippen molar-refractivity contribution in [3.63, 3.8) is 0 Å². The van der Waals surface area contributed by atoms with Crippen LogP contribution in [0.4, 0.5) is 0 Å². The van der Waals surface area contributed by atoms with E-state index in [1.165, 1.54) is 5.56 Å². The Morgan fingerprint density at radius 2 is 1.71 bits per heavy atom. The number of para-hydroxylation sites is 1. The van der Waals surface area contributed by atoms with Crippen LogP contribution in [-0.4, -0.2) is 23.8 Å². The zero-order valence-electron chi connectivity index (χ0n) is 17.7. The molecule has 0 spiro atoms. The molecule has 0 amide bonds. The third-order valence-corrected chi connectivity index (χ3v) is 5.81. The average molecular weight is 410 g/mol. The number of aryl methyl sites for hydroxylation is 1. The molecule has 0 saturated heterocycles. The van der Waals surface area contributed by atoms with Gasteiger partial charge in [0.1, 0.15) is 17.3 Å². The monoisotopic (exact) mass is 410 g/mol. The van der Waals surface area contributed by atoms with E-state index < -0.39 is 0 Å². The Labute approximate surface area is 180 Å². The predicted octanol–water partition coefficient (Wildman–Crippen LogP) is 4.67. The van der Waals surface area contributed by atoms with Gasteiger partial charge in [-0.05, 0) is 54.0 Å². The summed E-state index contributed by atoms with van der Waals surface area (Å²) in [4.78, 5) is 17.3. The van der Waals surface area contributed by atoms with Gasteiger partial charge in [0.2, 0.25) is 0 Å². The van der Waals surface area contributed by atoms with Crippen LogP contribution in [0.1, 0.15) is 28.1 Å². The molecule has 5 rings (SSSR count). The molecule has 0 atom stereocenters. The lowest BCUT2D eigenvalue weighted by molar-refractivity contribution is 0.400. The van der Waals surface area contributed by atoms with E-state index in [2.05, 4.69) is 21.7 Å². The molecule has 5 heteroatoms. The van der Waals surface area contributed by atoms with E-state index >= 15 is 0 Å². The lowest BCUT2D eigenvalue weighted by Crippen LogP contribution is -2.23. The highest BCUT2D eigenvalue weighted by molar-refractivity contribution is 5.94. The molecule has 0 bridgehead atoms. The van der Waals surface area contributed by atoms with Gasteiger partial charge in [-0.15, -0.1) is 0 Å². The Bertz CT molecular complexity index is 1420. The van der Waals surface area contributed by atoms with Crippen LogP contribution in [0.25, 0.3) is 22.6 Å². The van der Waals surface area contributed by atoms with Crippen molar-refractivity contribution < 1.29 is 9.47 Å². The van der Waals surface area contributed by atoms with E-state index in [0.29, 0.717) is 17.8 Å². The van der Waals surface area contributed by atoms with Crippen LogP contribution >= 0.6 is 0 Å². The standard InChI is InChI=1S/C26H22N2O3/c1-16-12-24(31-3)18(14-23(16)30-2)13-21-19-9-5-4-8-17(19)15-28-22-11-7-6-10-20(22)26(29)27-25(21)28/h4-14H,15H2,1-3H3. The predicted molar refractivity (Wildman–Crippen MR) is 123 cm³/mol. The largest absolute Gasteiger partial charge is 0.496 e. The van der Waals surface area contributed by atoms with Gasteiger partial charge in [0.05, 0.1) is 31.7 Å². The van der Waals surface area contributed by atoms with E-state index in [-0.39, 0.29) is 5.56 Å². The van der Waals surface area contributed by atoms with Gasteiger partial charge in [0.25, 0.3) is 5.56 Å². The van der Waals surface area contributed by atoms with E-state index in [0.717, 1.165) is 39.3 Å². The first-order valence-electron chi connectivity index (χ1n) is 10.1. The number of ether oxygens (including phenoxy) is 2. The van der Waals surface area contributed by atoms with Crippen molar-refractivity contribution in [3.05, 3.63) is 99.1 Å². The molecule has 2 heterocycles. The Hall–Kier alpha value is -3.86. The SMILES string of the molecule is COc1cc(C=C2c3ccccc3Cn3c2nc(=O)c2ccccc23)c(OC)cc1C. The average Bonchev–Trinajstić information content (AvgIpc) is 2.80. The first kappa shape index (κ1) is 19.1. The molecule has 1 aliphatic heterocycles. The number of nitrogens with zero attached hydrogens (tertiary/aromatic N) is 2. The Kier molecular flexibility index (Phi) is 4.59. The topological polar surface area (TPSA) is 53.4 Å². The minimum absolute atomic E-state index is 0.222. The van der Waals surface area contributed by atoms with Gasteiger partial charge in [-0.25, -0.2) is 0 Å². The van der Waals surface area contributed by atoms with Crippen LogP contribution in [-0.2, 0) is 6.54 Å². The van der Waals surface area contributed by atoms with Gasteiger partial charge in [0.15, 0.2) is 0 Å². The molecule has 0 radical (unpaired) electrons. The van der Waals surface area contributed by atoms with Crippen molar-refractivity contribution in [2.45, 2.75) is 13.5 Å². The van der Waals surface area contributed by atoms with E-state index in [9.17, 15) is 4.79 Å². The Balaban J connectivity index is 1.84. The maximum atomic E-state index is 12.8. The second kappa shape index (κ2) is 7.43.